The van der Waals surface area contributed by atoms with Crippen LogP contribution in [0.4, 0.5) is 0 Å². The van der Waals surface area contributed by atoms with E-state index in [0.717, 1.165) is 10.9 Å². The zero-order valence-electron chi connectivity index (χ0n) is 10.2. The van der Waals surface area contributed by atoms with Crippen LogP contribution in [-0.4, -0.2) is 17.3 Å². The number of rotatable bonds is 3. The van der Waals surface area contributed by atoms with Crippen molar-refractivity contribution < 1.29 is 9.84 Å². The van der Waals surface area contributed by atoms with Crippen LogP contribution in [0.15, 0.2) is 16.6 Å². The molecule has 100 valence electrons. The first kappa shape index (κ1) is 14.4. The van der Waals surface area contributed by atoms with Crippen LogP contribution in [0, 0.1) is 5.41 Å². The van der Waals surface area contributed by atoms with Crippen LogP contribution in [0.3, 0.4) is 0 Å². The normalized spacial score (nSPS) is 31.0. The highest BCUT2D eigenvalue weighted by Crippen LogP contribution is 2.47. The summed E-state index contributed by atoms with van der Waals surface area (Å²) in [5, 5.41) is 10.9. The summed E-state index contributed by atoms with van der Waals surface area (Å²) < 4.78 is 6.64. The van der Waals surface area contributed by atoms with Gasteiger partial charge in [-0.2, -0.15) is 0 Å². The Morgan fingerprint density at radius 1 is 1.44 bits per heavy atom. The van der Waals surface area contributed by atoms with E-state index < -0.39 is 0 Å². The van der Waals surface area contributed by atoms with Crippen LogP contribution in [0.1, 0.15) is 26.7 Å². The largest absolute Gasteiger partial charge is 0.488 e. The molecule has 0 radical (unpaired) electrons. The molecule has 3 unspecified atom stereocenters. The summed E-state index contributed by atoms with van der Waals surface area (Å²) in [5.74, 6) is 0.571. The zero-order chi connectivity index (χ0) is 13.5. The predicted octanol–water partition coefficient (Wildman–Crippen LogP) is 4.68. The molecule has 1 aromatic carbocycles. The van der Waals surface area contributed by atoms with Gasteiger partial charge in [0.15, 0.2) is 0 Å². The van der Waals surface area contributed by atoms with Crippen molar-refractivity contribution in [1.82, 2.24) is 0 Å². The molecule has 1 fully saturated rings. The first-order chi connectivity index (χ1) is 8.38. The van der Waals surface area contributed by atoms with E-state index in [1.165, 1.54) is 0 Å². The molecule has 3 atom stereocenters. The van der Waals surface area contributed by atoms with Gasteiger partial charge < -0.3 is 9.84 Å². The van der Waals surface area contributed by atoms with Gasteiger partial charge in [-0.15, -0.1) is 0 Å². The third-order valence-corrected chi connectivity index (χ3v) is 5.43. The maximum Gasteiger partial charge on any atom is 0.139 e. The molecule has 0 bridgehead atoms. The number of halogens is 3. The van der Waals surface area contributed by atoms with E-state index in [1.807, 2.05) is 6.92 Å². The molecule has 1 saturated carbocycles. The number of hydrogen-bond donors (Lipinski definition) is 1. The molecule has 1 aliphatic carbocycles. The van der Waals surface area contributed by atoms with Crippen molar-refractivity contribution in [3.63, 3.8) is 0 Å². The van der Waals surface area contributed by atoms with Crippen LogP contribution >= 0.6 is 39.1 Å². The molecule has 0 saturated heterocycles. The van der Waals surface area contributed by atoms with Crippen LogP contribution in [0.25, 0.3) is 0 Å². The van der Waals surface area contributed by atoms with Gasteiger partial charge in [-0.05, 0) is 28.4 Å². The lowest BCUT2D eigenvalue weighted by Gasteiger charge is -2.50. The molecule has 18 heavy (non-hydrogen) atoms. The summed E-state index contributed by atoms with van der Waals surface area (Å²) in [5.41, 5.74) is -0.205. The molecular formula is C13H15BrCl2O2. The maximum atomic E-state index is 9.84. The highest BCUT2D eigenvalue weighted by Gasteiger charge is 2.51. The van der Waals surface area contributed by atoms with Gasteiger partial charge in [-0.3, -0.25) is 0 Å². The Balaban J connectivity index is 2.18. The molecule has 1 aromatic rings. The number of aliphatic hydroxyl groups is 1. The number of benzene rings is 1. The lowest BCUT2D eigenvalue weighted by atomic mass is 9.63. The molecule has 2 nitrogen and oxygen atoms in total. The first-order valence-electron chi connectivity index (χ1n) is 5.87. The molecule has 0 heterocycles. The second kappa shape index (κ2) is 5.20. The molecule has 1 N–H and O–H groups in total. The Kier molecular flexibility index (Phi) is 4.17. The molecular weight excluding hydrogens is 339 g/mol. The quantitative estimate of drug-likeness (QED) is 0.799. The minimum atomic E-state index is -0.308. The van der Waals surface area contributed by atoms with Crippen molar-refractivity contribution in [1.29, 1.82) is 0 Å². The molecule has 5 heteroatoms. The summed E-state index contributed by atoms with van der Waals surface area (Å²) in [7, 11) is 0. The minimum absolute atomic E-state index is 0.0211. The zero-order valence-corrected chi connectivity index (χ0v) is 13.3. The monoisotopic (exact) mass is 352 g/mol. The predicted molar refractivity (Wildman–Crippen MR) is 77.6 cm³/mol. The maximum absolute atomic E-state index is 9.84. The standard InChI is InChI=1S/C13H15BrCl2O2/c1-3-13(2)11(17)6-12(13)18-10-5-8(15)7(14)4-9(10)16/h4-5,11-12,17H,3,6H2,1-2H3. The van der Waals surface area contributed by atoms with Gasteiger partial charge in [-0.25, -0.2) is 0 Å². The fraction of sp³-hybridized carbons (Fsp3) is 0.538. The van der Waals surface area contributed by atoms with Crippen molar-refractivity contribution in [3.8, 4) is 5.75 Å². The highest BCUT2D eigenvalue weighted by atomic mass is 79.9. The second-order valence-electron chi connectivity index (χ2n) is 4.91. The SMILES string of the molecule is CCC1(C)C(O)CC1Oc1cc(Cl)c(Br)cc1Cl. The molecule has 0 aromatic heterocycles. The van der Waals surface area contributed by atoms with Gasteiger partial charge in [0.25, 0.3) is 0 Å². The highest BCUT2D eigenvalue weighted by molar-refractivity contribution is 9.10. The van der Waals surface area contributed by atoms with Gasteiger partial charge in [0.2, 0.25) is 0 Å². The Labute approximate surface area is 125 Å². The summed E-state index contributed by atoms with van der Waals surface area (Å²) in [4.78, 5) is 0. The molecule has 2 rings (SSSR count). The van der Waals surface area contributed by atoms with E-state index in [1.54, 1.807) is 12.1 Å². The van der Waals surface area contributed by atoms with Crippen molar-refractivity contribution >= 4 is 39.1 Å². The van der Waals surface area contributed by atoms with Crippen molar-refractivity contribution in [2.75, 3.05) is 0 Å². The van der Waals surface area contributed by atoms with E-state index in [-0.39, 0.29) is 17.6 Å². The van der Waals surface area contributed by atoms with Gasteiger partial charge in [0, 0.05) is 22.4 Å². The molecule has 0 aliphatic heterocycles. The van der Waals surface area contributed by atoms with E-state index >= 15 is 0 Å². The fourth-order valence-corrected chi connectivity index (χ4v) is 3.03. The van der Waals surface area contributed by atoms with Crippen LogP contribution in [0.2, 0.25) is 10.0 Å². The van der Waals surface area contributed by atoms with Crippen LogP contribution < -0.4 is 4.74 Å². The Morgan fingerprint density at radius 2 is 2.11 bits per heavy atom. The molecule has 0 amide bonds. The van der Waals surface area contributed by atoms with Crippen molar-refractivity contribution in [2.24, 2.45) is 5.41 Å². The number of hydrogen-bond acceptors (Lipinski definition) is 2. The van der Waals surface area contributed by atoms with E-state index in [0.29, 0.717) is 22.2 Å². The summed E-state index contributed by atoms with van der Waals surface area (Å²) in [6.07, 6.45) is 1.17. The smallest absolute Gasteiger partial charge is 0.139 e. The van der Waals surface area contributed by atoms with Crippen LogP contribution in [-0.2, 0) is 0 Å². The van der Waals surface area contributed by atoms with Gasteiger partial charge in [-0.1, -0.05) is 37.0 Å². The number of ether oxygens (including phenoxy) is 1. The fourth-order valence-electron chi connectivity index (χ4n) is 2.19. The summed E-state index contributed by atoms with van der Waals surface area (Å²) >= 11 is 15.5. The van der Waals surface area contributed by atoms with Crippen molar-refractivity contribution in [2.45, 2.75) is 38.9 Å². The molecule has 0 spiro atoms. The van der Waals surface area contributed by atoms with E-state index in [4.69, 9.17) is 27.9 Å². The first-order valence-corrected chi connectivity index (χ1v) is 7.42. The van der Waals surface area contributed by atoms with Gasteiger partial charge in [0.1, 0.15) is 11.9 Å². The molecule has 1 aliphatic rings. The average Bonchev–Trinajstić information content (AvgIpc) is 2.34. The lowest BCUT2D eigenvalue weighted by Crippen LogP contribution is -2.57. The van der Waals surface area contributed by atoms with Gasteiger partial charge >= 0.3 is 0 Å². The van der Waals surface area contributed by atoms with Crippen LogP contribution in [0.5, 0.6) is 5.75 Å². The third-order valence-electron chi connectivity index (χ3n) is 3.94. The minimum Gasteiger partial charge on any atom is -0.488 e. The third kappa shape index (κ3) is 2.38. The number of aliphatic hydroxyl groups excluding tert-OH is 1. The lowest BCUT2D eigenvalue weighted by molar-refractivity contribution is -0.147. The topological polar surface area (TPSA) is 29.5 Å². The summed E-state index contributed by atoms with van der Waals surface area (Å²) in [6.45, 7) is 4.08. The average molecular weight is 354 g/mol. The van der Waals surface area contributed by atoms with E-state index in [9.17, 15) is 5.11 Å². The van der Waals surface area contributed by atoms with Gasteiger partial charge in [0.05, 0.1) is 16.1 Å². The Morgan fingerprint density at radius 3 is 2.67 bits per heavy atom. The summed E-state index contributed by atoms with van der Waals surface area (Å²) in [6, 6.07) is 3.42. The van der Waals surface area contributed by atoms with E-state index in [2.05, 4.69) is 22.9 Å². The Bertz CT molecular complexity index is 467. The Hall–Kier alpha value is 0.0400. The van der Waals surface area contributed by atoms with Crippen molar-refractivity contribution in [3.05, 3.63) is 26.7 Å². The second-order valence-corrected chi connectivity index (χ2v) is 6.58.